The Bertz CT molecular complexity index is 387. The van der Waals surface area contributed by atoms with E-state index in [2.05, 4.69) is 49.0 Å². The van der Waals surface area contributed by atoms with Gasteiger partial charge in [0.2, 0.25) is 0 Å². The number of fused-ring (bicyclic) bond motifs is 1. The fraction of sp³-hybridized carbons (Fsp3) is 0.643. The molecule has 1 aromatic rings. The van der Waals surface area contributed by atoms with Gasteiger partial charge < -0.3 is 10.2 Å². The molecule has 0 aliphatic carbocycles. The minimum absolute atomic E-state index is 0.538. The molecule has 3 heteroatoms. The molecule has 0 aromatic carbocycles. The standard InChI is InChI=1S/C14H23N3/c1-5-11(4)12-8-14-13(9-16-12)15-6-7-17(14)10(2)3/h8-11,15H,5-7H2,1-4H3. The van der Waals surface area contributed by atoms with Crippen molar-refractivity contribution >= 4 is 11.4 Å². The number of hydrogen-bond donors (Lipinski definition) is 1. The summed E-state index contributed by atoms with van der Waals surface area (Å²) < 4.78 is 0. The van der Waals surface area contributed by atoms with Crippen LogP contribution in [-0.4, -0.2) is 24.1 Å². The fourth-order valence-electron chi connectivity index (χ4n) is 2.28. The lowest BCUT2D eigenvalue weighted by Crippen LogP contribution is -2.39. The van der Waals surface area contributed by atoms with E-state index in [1.54, 1.807) is 0 Å². The summed E-state index contributed by atoms with van der Waals surface area (Å²) in [4.78, 5) is 7.03. The van der Waals surface area contributed by atoms with Crippen molar-refractivity contribution in [3.05, 3.63) is 18.0 Å². The van der Waals surface area contributed by atoms with Crippen molar-refractivity contribution in [1.82, 2.24) is 4.98 Å². The van der Waals surface area contributed by atoms with Gasteiger partial charge in [0.15, 0.2) is 0 Å². The lowest BCUT2D eigenvalue weighted by molar-refractivity contribution is 0.671. The molecule has 1 aliphatic rings. The molecule has 2 heterocycles. The summed E-state index contributed by atoms with van der Waals surface area (Å²) in [6.45, 7) is 11.0. The molecule has 0 spiro atoms. The first-order valence-electron chi connectivity index (χ1n) is 6.64. The molecule has 0 radical (unpaired) electrons. The Morgan fingerprint density at radius 2 is 2.18 bits per heavy atom. The Morgan fingerprint density at radius 3 is 2.82 bits per heavy atom. The molecule has 0 saturated carbocycles. The van der Waals surface area contributed by atoms with Crippen molar-refractivity contribution in [3.63, 3.8) is 0 Å². The number of nitrogens with zero attached hydrogens (tertiary/aromatic N) is 2. The van der Waals surface area contributed by atoms with Crippen LogP contribution in [0.4, 0.5) is 11.4 Å². The third-order valence-electron chi connectivity index (χ3n) is 3.62. The largest absolute Gasteiger partial charge is 0.380 e. The molecule has 0 amide bonds. The molecule has 0 fully saturated rings. The van der Waals surface area contributed by atoms with Crippen LogP contribution in [0.5, 0.6) is 0 Å². The lowest BCUT2D eigenvalue weighted by Gasteiger charge is -2.35. The highest BCUT2D eigenvalue weighted by Gasteiger charge is 2.20. The number of hydrogen-bond acceptors (Lipinski definition) is 3. The Kier molecular flexibility index (Phi) is 3.55. The number of pyridine rings is 1. The number of rotatable bonds is 3. The van der Waals surface area contributed by atoms with Crippen molar-refractivity contribution in [1.29, 1.82) is 0 Å². The number of aromatic nitrogens is 1. The van der Waals surface area contributed by atoms with Crippen LogP contribution < -0.4 is 10.2 Å². The van der Waals surface area contributed by atoms with Gasteiger partial charge in [0, 0.05) is 24.8 Å². The number of nitrogens with one attached hydrogen (secondary N) is 1. The third-order valence-corrected chi connectivity index (χ3v) is 3.62. The van der Waals surface area contributed by atoms with Crippen LogP contribution >= 0.6 is 0 Å². The maximum absolute atomic E-state index is 4.57. The van der Waals surface area contributed by atoms with E-state index in [1.165, 1.54) is 17.1 Å². The van der Waals surface area contributed by atoms with Gasteiger partial charge in [-0.2, -0.15) is 0 Å². The normalized spacial score (nSPS) is 16.6. The van der Waals surface area contributed by atoms with E-state index in [4.69, 9.17) is 0 Å². The van der Waals surface area contributed by atoms with E-state index < -0.39 is 0 Å². The van der Waals surface area contributed by atoms with E-state index in [9.17, 15) is 0 Å². The van der Waals surface area contributed by atoms with E-state index in [-0.39, 0.29) is 0 Å². The monoisotopic (exact) mass is 233 g/mol. The summed E-state index contributed by atoms with van der Waals surface area (Å²) in [6, 6.07) is 2.80. The van der Waals surface area contributed by atoms with Gasteiger partial charge in [0.05, 0.1) is 17.6 Å². The topological polar surface area (TPSA) is 28.2 Å². The predicted octanol–water partition coefficient (Wildman–Crippen LogP) is 3.24. The predicted molar refractivity (Wildman–Crippen MR) is 73.9 cm³/mol. The second kappa shape index (κ2) is 4.94. The first kappa shape index (κ1) is 12.2. The summed E-state index contributed by atoms with van der Waals surface area (Å²) in [6.07, 6.45) is 3.13. The molecule has 0 saturated heterocycles. The van der Waals surface area contributed by atoms with Gasteiger partial charge in [-0.25, -0.2) is 0 Å². The summed E-state index contributed by atoms with van der Waals surface area (Å²) >= 11 is 0. The van der Waals surface area contributed by atoms with Gasteiger partial charge in [0.25, 0.3) is 0 Å². The Hall–Kier alpha value is -1.25. The van der Waals surface area contributed by atoms with Gasteiger partial charge >= 0.3 is 0 Å². The maximum atomic E-state index is 4.57. The minimum atomic E-state index is 0.538. The van der Waals surface area contributed by atoms with Gasteiger partial charge in [-0.3, -0.25) is 4.98 Å². The summed E-state index contributed by atoms with van der Waals surface area (Å²) in [7, 11) is 0. The average Bonchev–Trinajstić information content (AvgIpc) is 2.36. The summed E-state index contributed by atoms with van der Waals surface area (Å²) in [5.41, 5.74) is 3.70. The van der Waals surface area contributed by atoms with Crippen LogP contribution in [-0.2, 0) is 0 Å². The molecular weight excluding hydrogens is 210 g/mol. The van der Waals surface area contributed by atoms with Crippen LogP contribution in [0.1, 0.15) is 45.7 Å². The second-order valence-corrected chi connectivity index (χ2v) is 5.15. The SMILES string of the molecule is CCC(C)c1cc2c(cn1)NCCN2C(C)C. The fourth-order valence-corrected chi connectivity index (χ4v) is 2.28. The highest BCUT2D eigenvalue weighted by molar-refractivity contribution is 5.72. The molecular formula is C14H23N3. The van der Waals surface area contributed by atoms with E-state index >= 15 is 0 Å². The molecule has 1 atom stereocenters. The van der Waals surface area contributed by atoms with Crippen molar-refractivity contribution in [2.24, 2.45) is 0 Å². The first-order valence-corrected chi connectivity index (χ1v) is 6.64. The van der Waals surface area contributed by atoms with Crippen molar-refractivity contribution in [2.75, 3.05) is 23.3 Å². The molecule has 94 valence electrons. The summed E-state index contributed by atoms with van der Waals surface area (Å²) in [5.74, 6) is 0.538. The molecule has 1 aromatic heterocycles. The van der Waals surface area contributed by atoms with Crippen LogP contribution in [0.2, 0.25) is 0 Å². The zero-order valence-corrected chi connectivity index (χ0v) is 11.3. The zero-order chi connectivity index (χ0) is 12.4. The Labute approximate surface area is 104 Å². The quantitative estimate of drug-likeness (QED) is 0.868. The van der Waals surface area contributed by atoms with E-state index in [0.29, 0.717) is 12.0 Å². The smallest absolute Gasteiger partial charge is 0.0765 e. The Balaban J connectivity index is 2.37. The molecule has 1 N–H and O–H groups in total. The second-order valence-electron chi connectivity index (χ2n) is 5.15. The molecule has 17 heavy (non-hydrogen) atoms. The van der Waals surface area contributed by atoms with Gasteiger partial charge in [-0.05, 0) is 32.3 Å². The summed E-state index contributed by atoms with van der Waals surface area (Å²) in [5, 5.41) is 3.43. The number of anilines is 2. The van der Waals surface area contributed by atoms with Crippen LogP contribution in [0, 0.1) is 0 Å². The first-order chi connectivity index (χ1) is 8.13. The molecule has 1 aliphatic heterocycles. The van der Waals surface area contributed by atoms with Gasteiger partial charge in [-0.15, -0.1) is 0 Å². The highest BCUT2D eigenvalue weighted by atomic mass is 15.2. The van der Waals surface area contributed by atoms with Gasteiger partial charge in [0.1, 0.15) is 0 Å². The Morgan fingerprint density at radius 1 is 1.41 bits per heavy atom. The van der Waals surface area contributed by atoms with Gasteiger partial charge in [-0.1, -0.05) is 13.8 Å². The molecule has 1 unspecified atom stereocenters. The van der Waals surface area contributed by atoms with Crippen molar-refractivity contribution < 1.29 is 0 Å². The molecule has 0 bridgehead atoms. The van der Waals surface area contributed by atoms with Crippen molar-refractivity contribution in [2.45, 2.75) is 46.1 Å². The highest BCUT2D eigenvalue weighted by Crippen LogP contribution is 2.32. The van der Waals surface area contributed by atoms with Crippen LogP contribution in [0.15, 0.2) is 12.3 Å². The maximum Gasteiger partial charge on any atom is 0.0765 e. The van der Waals surface area contributed by atoms with E-state index in [1.807, 2.05) is 6.20 Å². The van der Waals surface area contributed by atoms with E-state index in [0.717, 1.165) is 19.5 Å². The average molecular weight is 233 g/mol. The van der Waals surface area contributed by atoms with Crippen LogP contribution in [0.25, 0.3) is 0 Å². The molecule has 3 nitrogen and oxygen atoms in total. The van der Waals surface area contributed by atoms with Crippen LogP contribution in [0.3, 0.4) is 0 Å². The zero-order valence-electron chi connectivity index (χ0n) is 11.3. The lowest BCUT2D eigenvalue weighted by atomic mass is 10.0. The third kappa shape index (κ3) is 2.38. The molecule has 2 rings (SSSR count). The van der Waals surface area contributed by atoms with Crippen molar-refractivity contribution in [3.8, 4) is 0 Å². The minimum Gasteiger partial charge on any atom is -0.380 e.